The molecular weight excluding hydrogens is 302 g/mol. The number of morpholine rings is 1. The van der Waals surface area contributed by atoms with Crippen molar-refractivity contribution in [3.8, 4) is 5.75 Å². The van der Waals surface area contributed by atoms with Gasteiger partial charge in [0, 0.05) is 20.1 Å². The monoisotopic (exact) mass is 321 g/mol. The number of carbonyl (C=O) groups excluding carboxylic acids is 1. The molecule has 1 aromatic carbocycles. The number of benzene rings is 1. The van der Waals surface area contributed by atoms with Crippen molar-refractivity contribution in [3.63, 3.8) is 0 Å². The Kier molecular flexibility index (Phi) is 4.44. The zero-order valence-corrected chi connectivity index (χ0v) is 13.3. The van der Waals surface area contributed by atoms with Gasteiger partial charge in [0.05, 0.1) is 25.4 Å². The summed E-state index contributed by atoms with van der Waals surface area (Å²) in [7, 11) is 1.78. The molecule has 6 nitrogen and oxygen atoms in total. The number of nitrogens with zero attached hydrogens (tertiary/aromatic N) is 2. The molecule has 1 N–H and O–H groups in total. The SMILES string of the molecule is CNC(=S)N1C[C@@H](C(=O)N2CCOCC2)Oc2ccccc21. The van der Waals surface area contributed by atoms with Crippen LogP contribution in [-0.2, 0) is 9.53 Å². The van der Waals surface area contributed by atoms with Crippen molar-refractivity contribution in [2.45, 2.75) is 6.10 Å². The molecule has 7 heteroatoms. The van der Waals surface area contributed by atoms with Gasteiger partial charge in [-0.25, -0.2) is 0 Å². The van der Waals surface area contributed by atoms with Gasteiger partial charge >= 0.3 is 0 Å². The van der Waals surface area contributed by atoms with Crippen molar-refractivity contribution in [3.05, 3.63) is 24.3 Å². The minimum atomic E-state index is -0.556. The smallest absolute Gasteiger partial charge is 0.265 e. The van der Waals surface area contributed by atoms with Crippen LogP contribution in [0.25, 0.3) is 0 Å². The maximum absolute atomic E-state index is 12.7. The van der Waals surface area contributed by atoms with Crippen LogP contribution >= 0.6 is 12.2 Å². The summed E-state index contributed by atoms with van der Waals surface area (Å²) in [4.78, 5) is 16.4. The maximum atomic E-state index is 12.7. The van der Waals surface area contributed by atoms with E-state index in [1.165, 1.54) is 0 Å². The van der Waals surface area contributed by atoms with Crippen LogP contribution in [0.2, 0.25) is 0 Å². The minimum absolute atomic E-state index is 0.0123. The van der Waals surface area contributed by atoms with Gasteiger partial charge in [-0.15, -0.1) is 0 Å². The molecule has 1 atom stereocenters. The average molecular weight is 321 g/mol. The lowest BCUT2D eigenvalue weighted by atomic mass is 10.1. The average Bonchev–Trinajstić information content (AvgIpc) is 2.60. The predicted octanol–water partition coefficient (Wildman–Crippen LogP) is 0.617. The van der Waals surface area contributed by atoms with Gasteiger partial charge in [-0.2, -0.15) is 0 Å². The van der Waals surface area contributed by atoms with E-state index in [9.17, 15) is 4.79 Å². The standard InChI is InChI=1S/C15H19N3O3S/c1-16-15(22)18-10-13(14(19)17-6-8-20-9-7-17)21-12-5-3-2-4-11(12)18/h2-5,13H,6-10H2,1H3,(H,16,22)/t13-/m0/s1. The lowest BCUT2D eigenvalue weighted by Crippen LogP contribution is -2.55. The summed E-state index contributed by atoms with van der Waals surface area (Å²) in [5.41, 5.74) is 0.882. The summed E-state index contributed by atoms with van der Waals surface area (Å²) in [5.74, 6) is 0.666. The predicted molar refractivity (Wildman–Crippen MR) is 87.3 cm³/mol. The van der Waals surface area contributed by atoms with E-state index >= 15 is 0 Å². The van der Waals surface area contributed by atoms with Gasteiger partial charge in [-0.3, -0.25) is 4.79 Å². The molecule has 1 fully saturated rings. The van der Waals surface area contributed by atoms with E-state index in [0.29, 0.717) is 43.7 Å². The molecule has 1 saturated heterocycles. The number of hydrogen-bond acceptors (Lipinski definition) is 4. The van der Waals surface area contributed by atoms with Crippen LogP contribution in [0, 0.1) is 0 Å². The van der Waals surface area contributed by atoms with Crippen LogP contribution in [0.4, 0.5) is 5.69 Å². The van der Waals surface area contributed by atoms with Gasteiger partial charge in [0.15, 0.2) is 11.2 Å². The molecule has 22 heavy (non-hydrogen) atoms. The van der Waals surface area contributed by atoms with E-state index in [1.807, 2.05) is 29.2 Å². The molecule has 2 aliphatic rings. The largest absolute Gasteiger partial charge is 0.476 e. The van der Waals surface area contributed by atoms with E-state index in [-0.39, 0.29) is 5.91 Å². The molecule has 0 aromatic heterocycles. The van der Waals surface area contributed by atoms with Crippen LogP contribution in [0.5, 0.6) is 5.75 Å². The van der Waals surface area contributed by atoms with Gasteiger partial charge in [0.1, 0.15) is 5.75 Å². The Hall–Kier alpha value is -1.86. The van der Waals surface area contributed by atoms with Crippen molar-refractivity contribution < 1.29 is 14.3 Å². The molecule has 0 radical (unpaired) electrons. The summed E-state index contributed by atoms with van der Waals surface area (Å²) in [5, 5.41) is 3.55. The first-order valence-corrected chi connectivity index (χ1v) is 7.73. The topological polar surface area (TPSA) is 54.0 Å². The van der Waals surface area contributed by atoms with Gasteiger partial charge in [-0.05, 0) is 24.4 Å². The molecule has 3 rings (SSSR count). The first-order valence-electron chi connectivity index (χ1n) is 7.32. The molecule has 0 spiro atoms. The van der Waals surface area contributed by atoms with Crippen molar-refractivity contribution in [1.82, 2.24) is 10.2 Å². The molecule has 2 aliphatic heterocycles. The highest BCUT2D eigenvalue weighted by Crippen LogP contribution is 2.33. The third-order valence-corrected chi connectivity index (χ3v) is 4.26. The highest BCUT2D eigenvalue weighted by atomic mass is 32.1. The first-order chi connectivity index (χ1) is 10.7. The minimum Gasteiger partial charge on any atom is -0.476 e. The Balaban J connectivity index is 1.83. The number of para-hydroxylation sites is 2. The Morgan fingerprint density at radius 2 is 2.05 bits per heavy atom. The number of amides is 1. The number of fused-ring (bicyclic) bond motifs is 1. The quantitative estimate of drug-likeness (QED) is 0.765. The normalized spacial score (nSPS) is 20.9. The van der Waals surface area contributed by atoms with Crippen molar-refractivity contribution in [2.75, 3.05) is 44.8 Å². The second kappa shape index (κ2) is 6.50. The number of hydrogen-bond donors (Lipinski definition) is 1. The summed E-state index contributed by atoms with van der Waals surface area (Å²) < 4.78 is 11.2. The van der Waals surface area contributed by atoms with Crippen LogP contribution in [-0.4, -0.2) is 61.9 Å². The Labute approximate surface area is 135 Å². The Bertz CT molecular complexity index is 575. The molecule has 1 amide bonds. The number of ether oxygens (including phenoxy) is 2. The van der Waals surface area contributed by atoms with Crippen LogP contribution in [0.15, 0.2) is 24.3 Å². The Morgan fingerprint density at radius 3 is 2.77 bits per heavy atom. The molecule has 0 saturated carbocycles. The van der Waals surface area contributed by atoms with Crippen LogP contribution in [0.3, 0.4) is 0 Å². The molecule has 0 unspecified atom stereocenters. The van der Waals surface area contributed by atoms with Crippen LogP contribution < -0.4 is 15.0 Å². The third-order valence-electron chi connectivity index (χ3n) is 3.83. The zero-order chi connectivity index (χ0) is 15.5. The summed E-state index contributed by atoms with van der Waals surface area (Å²) in [6.45, 7) is 2.78. The zero-order valence-electron chi connectivity index (χ0n) is 12.4. The van der Waals surface area contributed by atoms with E-state index in [1.54, 1.807) is 11.9 Å². The molecule has 0 bridgehead atoms. The number of anilines is 1. The maximum Gasteiger partial charge on any atom is 0.265 e. The van der Waals surface area contributed by atoms with E-state index in [4.69, 9.17) is 21.7 Å². The van der Waals surface area contributed by atoms with E-state index in [0.717, 1.165) is 5.69 Å². The van der Waals surface area contributed by atoms with Crippen molar-refractivity contribution in [1.29, 1.82) is 0 Å². The molecular formula is C15H19N3O3S. The van der Waals surface area contributed by atoms with E-state index < -0.39 is 6.10 Å². The molecule has 2 heterocycles. The fourth-order valence-electron chi connectivity index (χ4n) is 2.68. The summed E-state index contributed by atoms with van der Waals surface area (Å²) in [6, 6.07) is 7.62. The number of rotatable bonds is 1. The highest BCUT2D eigenvalue weighted by molar-refractivity contribution is 7.80. The van der Waals surface area contributed by atoms with Gasteiger partial charge < -0.3 is 24.6 Å². The van der Waals surface area contributed by atoms with E-state index in [2.05, 4.69) is 5.32 Å². The lowest BCUT2D eigenvalue weighted by Gasteiger charge is -2.38. The number of nitrogens with one attached hydrogen (secondary N) is 1. The lowest BCUT2D eigenvalue weighted by molar-refractivity contribution is -0.142. The van der Waals surface area contributed by atoms with Gasteiger partial charge in [0.2, 0.25) is 0 Å². The first kappa shape index (κ1) is 15.1. The fraction of sp³-hybridized carbons (Fsp3) is 0.467. The van der Waals surface area contributed by atoms with Crippen molar-refractivity contribution in [2.24, 2.45) is 0 Å². The second-order valence-corrected chi connectivity index (χ2v) is 5.56. The second-order valence-electron chi connectivity index (χ2n) is 5.18. The summed E-state index contributed by atoms with van der Waals surface area (Å²) in [6.07, 6.45) is -0.556. The number of carbonyl (C=O) groups is 1. The highest BCUT2D eigenvalue weighted by Gasteiger charge is 2.35. The fourth-order valence-corrected chi connectivity index (χ4v) is 2.85. The third kappa shape index (κ3) is 2.86. The molecule has 118 valence electrons. The van der Waals surface area contributed by atoms with Gasteiger partial charge in [0.25, 0.3) is 5.91 Å². The molecule has 1 aromatic rings. The van der Waals surface area contributed by atoms with Crippen LogP contribution in [0.1, 0.15) is 0 Å². The number of thiocarbonyl (C=S) groups is 1. The molecule has 0 aliphatic carbocycles. The van der Waals surface area contributed by atoms with Gasteiger partial charge in [-0.1, -0.05) is 12.1 Å². The van der Waals surface area contributed by atoms with Crippen molar-refractivity contribution >= 4 is 28.9 Å². The summed E-state index contributed by atoms with van der Waals surface area (Å²) >= 11 is 5.36. The Morgan fingerprint density at radius 1 is 1.32 bits per heavy atom.